The largest absolute Gasteiger partial charge is 0.489 e. The Morgan fingerprint density at radius 2 is 1.93 bits per heavy atom. The van der Waals surface area contributed by atoms with Gasteiger partial charge in [-0.1, -0.05) is 24.3 Å². The van der Waals surface area contributed by atoms with Crippen molar-refractivity contribution in [3.8, 4) is 0 Å². The van der Waals surface area contributed by atoms with Gasteiger partial charge in [0.1, 0.15) is 11.5 Å². The highest BCUT2D eigenvalue weighted by Crippen LogP contribution is 2.34. The van der Waals surface area contributed by atoms with Crippen molar-refractivity contribution < 1.29 is 22.4 Å². The summed E-state index contributed by atoms with van der Waals surface area (Å²) >= 11 is 0. The van der Waals surface area contributed by atoms with Crippen LogP contribution in [-0.2, 0) is 12.7 Å². The minimum atomic E-state index is -4.74. The van der Waals surface area contributed by atoms with E-state index in [1.54, 1.807) is 13.0 Å². The molecule has 1 amide bonds. The number of hydrogen-bond donors (Lipinski definition) is 2. The fraction of sp³-hybridized carbons (Fsp3) is 0.190. The van der Waals surface area contributed by atoms with Crippen molar-refractivity contribution in [2.24, 2.45) is 0 Å². The predicted octanol–water partition coefficient (Wildman–Crippen LogP) is 5.02. The van der Waals surface area contributed by atoms with Gasteiger partial charge in [-0.15, -0.1) is 13.2 Å². The van der Waals surface area contributed by atoms with E-state index in [9.17, 15) is 22.4 Å². The van der Waals surface area contributed by atoms with E-state index in [-0.39, 0.29) is 28.8 Å². The molecule has 2 heterocycles. The minimum Gasteiger partial charge on any atom is -0.351 e. The van der Waals surface area contributed by atoms with Crippen LogP contribution in [0.5, 0.6) is 0 Å². The Labute approximate surface area is 163 Å². The van der Waals surface area contributed by atoms with Gasteiger partial charge in [0.15, 0.2) is 0 Å². The van der Waals surface area contributed by atoms with E-state index in [4.69, 9.17) is 0 Å². The molecule has 4 nitrogen and oxygen atoms in total. The van der Waals surface area contributed by atoms with Crippen molar-refractivity contribution in [1.82, 2.24) is 14.9 Å². The minimum absolute atomic E-state index is 0.000481. The number of benzene rings is 2. The summed E-state index contributed by atoms with van der Waals surface area (Å²) in [5.41, 5.74) is 1.56. The third-order valence-electron chi connectivity index (χ3n) is 4.91. The van der Waals surface area contributed by atoms with Crippen LogP contribution in [-0.4, -0.2) is 22.0 Å². The molecule has 0 radical (unpaired) electrons. The first-order valence-electron chi connectivity index (χ1n) is 8.98. The van der Waals surface area contributed by atoms with E-state index in [2.05, 4.69) is 10.3 Å². The van der Waals surface area contributed by atoms with Gasteiger partial charge in [0, 0.05) is 29.0 Å². The Balaban J connectivity index is 1.57. The van der Waals surface area contributed by atoms with Gasteiger partial charge in [0.05, 0.1) is 5.52 Å². The summed E-state index contributed by atoms with van der Waals surface area (Å²) in [4.78, 5) is 15.4. The molecular formula is C21H17F4N3O. The van der Waals surface area contributed by atoms with Crippen molar-refractivity contribution in [2.75, 3.05) is 6.54 Å². The van der Waals surface area contributed by atoms with Crippen molar-refractivity contribution in [3.05, 3.63) is 71.3 Å². The van der Waals surface area contributed by atoms with E-state index in [1.807, 2.05) is 24.3 Å². The first-order chi connectivity index (χ1) is 13.8. The molecule has 0 saturated heterocycles. The van der Waals surface area contributed by atoms with E-state index >= 15 is 0 Å². The monoisotopic (exact) mass is 403 g/mol. The third kappa shape index (κ3) is 3.46. The summed E-state index contributed by atoms with van der Waals surface area (Å²) in [7, 11) is 0. The normalized spacial score (nSPS) is 12.0. The highest BCUT2D eigenvalue weighted by molar-refractivity contribution is 5.98. The Hall–Kier alpha value is -3.29. The van der Waals surface area contributed by atoms with Crippen LogP contribution in [0.2, 0.25) is 0 Å². The number of hydrogen-bond acceptors (Lipinski definition) is 1. The van der Waals surface area contributed by atoms with Gasteiger partial charge in [-0.3, -0.25) is 9.36 Å². The van der Waals surface area contributed by atoms with Crippen molar-refractivity contribution in [1.29, 1.82) is 0 Å². The molecule has 4 rings (SSSR count). The quantitative estimate of drug-likeness (QED) is 0.462. The zero-order valence-corrected chi connectivity index (χ0v) is 15.4. The van der Waals surface area contributed by atoms with E-state index < -0.39 is 17.6 Å². The summed E-state index contributed by atoms with van der Waals surface area (Å²) < 4.78 is 54.2. The molecule has 4 aromatic rings. The fourth-order valence-corrected chi connectivity index (χ4v) is 3.58. The third-order valence-corrected chi connectivity index (χ3v) is 4.91. The standard InChI is InChI=1S/C21H17F4N3O/c1-12-6-7-15(22)19-18(12)14(11-28(19)21(23,24)25)8-9-26-20(29)17-10-13-4-2-3-5-16(13)27-17/h2-7,10-11,27H,8-9H2,1H3,(H,26,29). The number of nitrogens with one attached hydrogen (secondary N) is 2. The molecule has 0 spiro atoms. The van der Waals surface area contributed by atoms with Gasteiger partial charge in [0.2, 0.25) is 0 Å². The van der Waals surface area contributed by atoms with Crippen LogP contribution in [0, 0.1) is 12.7 Å². The fourth-order valence-electron chi connectivity index (χ4n) is 3.58. The number of halogens is 4. The molecule has 0 bridgehead atoms. The molecule has 0 aliphatic rings. The van der Waals surface area contributed by atoms with Gasteiger partial charge in [0.25, 0.3) is 5.91 Å². The van der Waals surface area contributed by atoms with E-state index in [0.717, 1.165) is 23.2 Å². The molecule has 0 aliphatic heterocycles. The Bertz CT molecular complexity index is 1190. The molecule has 29 heavy (non-hydrogen) atoms. The zero-order valence-electron chi connectivity index (χ0n) is 15.4. The molecule has 0 atom stereocenters. The lowest BCUT2D eigenvalue weighted by Gasteiger charge is -2.10. The Kier molecular flexibility index (Phi) is 4.56. The maximum atomic E-state index is 14.1. The van der Waals surface area contributed by atoms with Gasteiger partial charge in [-0.25, -0.2) is 4.39 Å². The number of para-hydroxylation sites is 1. The van der Waals surface area contributed by atoms with Gasteiger partial charge in [-0.2, -0.15) is 0 Å². The Morgan fingerprint density at radius 3 is 2.66 bits per heavy atom. The number of fused-ring (bicyclic) bond motifs is 2. The maximum absolute atomic E-state index is 14.1. The van der Waals surface area contributed by atoms with Gasteiger partial charge < -0.3 is 10.3 Å². The number of aromatic amines is 1. The number of nitrogens with zero attached hydrogens (tertiary/aromatic N) is 1. The predicted molar refractivity (Wildman–Crippen MR) is 102 cm³/mol. The van der Waals surface area contributed by atoms with Crippen molar-refractivity contribution in [2.45, 2.75) is 19.6 Å². The molecule has 0 fully saturated rings. The van der Waals surface area contributed by atoms with Crippen LogP contribution in [0.3, 0.4) is 0 Å². The summed E-state index contributed by atoms with van der Waals surface area (Å²) in [5.74, 6) is -1.29. The van der Waals surface area contributed by atoms with E-state index in [1.165, 1.54) is 6.07 Å². The number of carbonyl (C=O) groups excluding carboxylic acids is 1. The van der Waals surface area contributed by atoms with Crippen LogP contribution in [0.4, 0.5) is 17.6 Å². The molecule has 0 unspecified atom stereocenters. The van der Waals surface area contributed by atoms with E-state index in [0.29, 0.717) is 16.8 Å². The second kappa shape index (κ2) is 6.95. The lowest BCUT2D eigenvalue weighted by Crippen LogP contribution is -2.26. The van der Waals surface area contributed by atoms with Crippen LogP contribution >= 0.6 is 0 Å². The maximum Gasteiger partial charge on any atom is 0.489 e. The molecule has 0 saturated carbocycles. The van der Waals surface area contributed by atoms with Gasteiger partial charge in [-0.05, 0) is 42.7 Å². The van der Waals surface area contributed by atoms with Crippen molar-refractivity contribution >= 4 is 27.7 Å². The van der Waals surface area contributed by atoms with Crippen LogP contribution in [0.15, 0.2) is 48.7 Å². The number of amides is 1. The average molecular weight is 403 g/mol. The van der Waals surface area contributed by atoms with Crippen molar-refractivity contribution in [3.63, 3.8) is 0 Å². The number of rotatable bonds is 4. The molecular weight excluding hydrogens is 386 g/mol. The summed E-state index contributed by atoms with van der Waals surface area (Å²) in [6.45, 7) is 1.75. The Morgan fingerprint density at radius 1 is 1.17 bits per heavy atom. The van der Waals surface area contributed by atoms with Crippen LogP contribution in [0.25, 0.3) is 21.8 Å². The number of H-pyrrole nitrogens is 1. The molecule has 8 heteroatoms. The second-order valence-corrected chi connectivity index (χ2v) is 6.86. The smallest absolute Gasteiger partial charge is 0.351 e. The average Bonchev–Trinajstić information content (AvgIpc) is 3.27. The van der Waals surface area contributed by atoms with Crippen LogP contribution in [0.1, 0.15) is 21.6 Å². The molecule has 2 aromatic heterocycles. The summed E-state index contributed by atoms with van der Waals surface area (Å²) in [5, 5.41) is 3.81. The first-order valence-corrected chi connectivity index (χ1v) is 8.98. The molecule has 150 valence electrons. The number of alkyl halides is 3. The summed E-state index contributed by atoms with van der Waals surface area (Å²) in [6.07, 6.45) is -3.70. The zero-order chi connectivity index (χ0) is 20.8. The highest BCUT2D eigenvalue weighted by atomic mass is 19.4. The lowest BCUT2D eigenvalue weighted by atomic mass is 10.1. The summed E-state index contributed by atoms with van der Waals surface area (Å²) in [6, 6.07) is 11.6. The topological polar surface area (TPSA) is 49.8 Å². The SMILES string of the molecule is Cc1ccc(F)c2c1c(CCNC(=O)c1cc3ccccc3[nH]1)cn2C(F)(F)F. The van der Waals surface area contributed by atoms with Gasteiger partial charge >= 0.3 is 6.30 Å². The van der Waals surface area contributed by atoms with Crippen LogP contribution < -0.4 is 5.32 Å². The highest BCUT2D eigenvalue weighted by Gasteiger charge is 2.34. The second-order valence-electron chi connectivity index (χ2n) is 6.86. The number of aromatic nitrogens is 2. The lowest BCUT2D eigenvalue weighted by molar-refractivity contribution is -0.200. The first kappa shape index (κ1) is 19.0. The molecule has 2 N–H and O–H groups in total. The number of carbonyl (C=O) groups is 1. The number of aryl methyl sites for hydroxylation is 1. The molecule has 2 aromatic carbocycles. The molecule has 0 aliphatic carbocycles.